The molecule has 1 rings (SSSR count). The molecule has 0 atom stereocenters. The van der Waals surface area contributed by atoms with E-state index in [0.29, 0.717) is 18.8 Å². The highest BCUT2D eigenvalue weighted by Crippen LogP contribution is 2.32. The lowest BCUT2D eigenvalue weighted by Gasteiger charge is -2.29. The molecule has 3 N–H and O–H groups in total. The summed E-state index contributed by atoms with van der Waals surface area (Å²) in [7, 11) is 0. The van der Waals surface area contributed by atoms with E-state index in [-0.39, 0.29) is 19.1 Å². The van der Waals surface area contributed by atoms with Crippen LogP contribution in [0.15, 0.2) is 0 Å². The molecule has 1 saturated carbocycles. The summed E-state index contributed by atoms with van der Waals surface area (Å²) in [5, 5.41) is 20.9. The van der Waals surface area contributed by atoms with Crippen molar-refractivity contribution in [1.29, 1.82) is 0 Å². The lowest BCUT2D eigenvalue weighted by Crippen LogP contribution is -2.53. The maximum atomic E-state index is 11.5. The number of carbonyl (C=O) groups excluding carboxylic acids is 1. The second kappa shape index (κ2) is 4.75. The molecule has 1 fully saturated rings. The van der Waals surface area contributed by atoms with Gasteiger partial charge in [0.1, 0.15) is 0 Å². The van der Waals surface area contributed by atoms with Crippen molar-refractivity contribution in [2.24, 2.45) is 5.92 Å². The zero-order chi connectivity index (χ0) is 10.6. The molecule has 0 aliphatic heterocycles. The van der Waals surface area contributed by atoms with Gasteiger partial charge in [0.25, 0.3) is 0 Å². The normalized spacial score (nSPS) is 16.8. The van der Waals surface area contributed by atoms with Crippen LogP contribution in [0.4, 0.5) is 0 Å². The zero-order valence-corrected chi connectivity index (χ0v) is 8.62. The zero-order valence-electron chi connectivity index (χ0n) is 8.62. The molecule has 0 aromatic rings. The first-order valence-electron chi connectivity index (χ1n) is 5.18. The highest BCUT2D eigenvalue weighted by Gasteiger charge is 2.31. The Labute approximate surface area is 84.3 Å². The van der Waals surface area contributed by atoms with Crippen molar-refractivity contribution < 1.29 is 15.0 Å². The predicted octanol–water partition coefficient (Wildman–Crippen LogP) is 0.0361. The minimum Gasteiger partial charge on any atom is -0.394 e. The van der Waals surface area contributed by atoms with Gasteiger partial charge in [-0.15, -0.1) is 0 Å². The van der Waals surface area contributed by atoms with Crippen LogP contribution in [0.25, 0.3) is 0 Å². The Bertz CT molecular complexity index is 189. The molecule has 0 aromatic carbocycles. The van der Waals surface area contributed by atoms with Crippen LogP contribution < -0.4 is 5.32 Å². The van der Waals surface area contributed by atoms with Crippen molar-refractivity contribution in [3.05, 3.63) is 0 Å². The van der Waals surface area contributed by atoms with Crippen LogP contribution in [0.3, 0.4) is 0 Å². The number of aliphatic hydroxyl groups is 2. The molecule has 0 bridgehead atoms. The van der Waals surface area contributed by atoms with E-state index < -0.39 is 5.54 Å². The summed E-state index contributed by atoms with van der Waals surface area (Å²) < 4.78 is 0. The fourth-order valence-electron chi connectivity index (χ4n) is 1.37. The summed E-state index contributed by atoms with van der Waals surface area (Å²) in [5.41, 5.74) is -0.827. The standard InChI is InChI=1S/C10H19NO3/c1-2-10(6-12,7-13)11-9(14)5-8-3-4-8/h8,12-13H,2-7H2,1H3,(H,11,14). The third-order valence-corrected chi connectivity index (χ3v) is 2.86. The molecule has 0 radical (unpaired) electrons. The molecule has 0 heterocycles. The van der Waals surface area contributed by atoms with E-state index in [9.17, 15) is 4.79 Å². The SMILES string of the molecule is CCC(CO)(CO)NC(=O)CC1CC1. The molecular weight excluding hydrogens is 182 g/mol. The smallest absolute Gasteiger partial charge is 0.220 e. The first-order chi connectivity index (χ1) is 6.65. The second-order valence-corrected chi connectivity index (χ2v) is 4.15. The lowest BCUT2D eigenvalue weighted by atomic mass is 9.98. The van der Waals surface area contributed by atoms with Gasteiger partial charge in [0, 0.05) is 6.42 Å². The Hall–Kier alpha value is -0.610. The van der Waals surface area contributed by atoms with Crippen LogP contribution in [0, 0.1) is 5.92 Å². The molecule has 1 amide bonds. The largest absolute Gasteiger partial charge is 0.394 e. The van der Waals surface area contributed by atoms with Crippen LogP contribution in [-0.4, -0.2) is 34.9 Å². The number of carbonyl (C=O) groups is 1. The van der Waals surface area contributed by atoms with Crippen molar-refractivity contribution in [2.75, 3.05) is 13.2 Å². The topological polar surface area (TPSA) is 69.6 Å². The van der Waals surface area contributed by atoms with E-state index in [0.717, 1.165) is 12.8 Å². The van der Waals surface area contributed by atoms with Gasteiger partial charge in [0.05, 0.1) is 18.8 Å². The summed E-state index contributed by atoms with van der Waals surface area (Å²) >= 11 is 0. The van der Waals surface area contributed by atoms with Gasteiger partial charge in [-0.2, -0.15) is 0 Å². The van der Waals surface area contributed by atoms with E-state index in [1.165, 1.54) is 0 Å². The van der Waals surface area contributed by atoms with Crippen LogP contribution in [0.2, 0.25) is 0 Å². The Morgan fingerprint density at radius 1 is 1.43 bits per heavy atom. The third-order valence-electron chi connectivity index (χ3n) is 2.86. The quantitative estimate of drug-likeness (QED) is 0.568. The van der Waals surface area contributed by atoms with Gasteiger partial charge in [-0.05, 0) is 25.2 Å². The fraction of sp³-hybridized carbons (Fsp3) is 0.900. The average molecular weight is 201 g/mol. The van der Waals surface area contributed by atoms with E-state index in [1.54, 1.807) is 0 Å². The van der Waals surface area contributed by atoms with E-state index in [1.807, 2.05) is 6.92 Å². The maximum absolute atomic E-state index is 11.5. The number of hydrogen-bond donors (Lipinski definition) is 3. The molecule has 0 aromatic heterocycles. The summed E-state index contributed by atoms with van der Waals surface area (Å²) in [6.07, 6.45) is 3.33. The van der Waals surface area contributed by atoms with Gasteiger partial charge in [-0.25, -0.2) is 0 Å². The summed E-state index contributed by atoms with van der Waals surface area (Å²) in [6, 6.07) is 0. The van der Waals surface area contributed by atoms with E-state index in [4.69, 9.17) is 10.2 Å². The molecule has 4 heteroatoms. The molecule has 0 unspecified atom stereocenters. The molecule has 1 aliphatic carbocycles. The highest BCUT2D eigenvalue weighted by atomic mass is 16.3. The summed E-state index contributed by atoms with van der Waals surface area (Å²) in [5.74, 6) is 0.472. The Balaban J connectivity index is 2.40. The minimum absolute atomic E-state index is 0.0579. The molecule has 1 aliphatic rings. The molecule has 0 saturated heterocycles. The summed E-state index contributed by atoms with van der Waals surface area (Å²) in [4.78, 5) is 11.5. The highest BCUT2D eigenvalue weighted by molar-refractivity contribution is 5.77. The Morgan fingerprint density at radius 2 is 2.00 bits per heavy atom. The van der Waals surface area contributed by atoms with Crippen LogP contribution >= 0.6 is 0 Å². The first kappa shape index (κ1) is 11.5. The maximum Gasteiger partial charge on any atom is 0.220 e. The number of rotatable bonds is 6. The second-order valence-electron chi connectivity index (χ2n) is 4.15. The van der Waals surface area contributed by atoms with Crippen molar-refractivity contribution in [1.82, 2.24) is 5.32 Å². The van der Waals surface area contributed by atoms with Crippen molar-refractivity contribution in [3.63, 3.8) is 0 Å². The lowest BCUT2D eigenvalue weighted by molar-refractivity contribution is -0.124. The predicted molar refractivity (Wildman–Crippen MR) is 52.7 cm³/mol. The van der Waals surface area contributed by atoms with Crippen molar-refractivity contribution >= 4 is 5.91 Å². The Morgan fingerprint density at radius 3 is 2.36 bits per heavy atom. The molecule has 82 valence electrons. The number of hydrogen-bond acceptors (Lipinski definition) is 3. The van der Waals surface area contributed by atoms with Gasteiger partial charge in [0.15, 0.2) is 0 Å². The van der Waals surface area contributed by atoms with Gasteiger partial charge in [-0.1, -0.05) is 6.92 Å². The number of amides is 1. The van der Waals surface area contributed by atoms with Crippen LogP contribution in [-0.2, 0) is 4.79 Å². The van der Waals surface area contributed by atoms with Gasteiger partial charge >= 0.3 is 0 Å². The van der Waals surface area contributed by atoms with Gasteiger partial charge in [-0.3, -0.25) is 4.79 Å². The van der Waals surface area contributed by atoms with Crippen molar-refractivity contribution in [3.8, 4) is 0 Å². The third kappa shape index (κ3) is 2.96. The van der Waals surface area contributed by atoms with E-state index >= 15 is 0 Å². The number of nitrogens with one attached hydrogen (secondary N) is 1. The van der Waals surface area contributed by atoms with E-state index in [2.05, 4.69) is 5.32 Å². The van der Waals surface area contributed by atoms with Crippen molar-refractivity contribution in [2.45, 2.75) is 38.1 Å². The van der Waals surface area contributed by atoms with Gasteiger partial charge in [0.2, 0.25) is 5.91 Å². The van der Waals surface area contributed by atoms with Gasteiger partial charge < -0.3 is 15.5 Å². The molecule has 0 spiro atoms. The first-order valence-corrected chi connectivity index (χ1v) is 5.18. The van der Waals surface area contributed by atoms with Crippen LogP contribution in [0.1, 0.15) is 32.6 Å². The average Bonchev–Trinajstić information content (AvgIpc) is 2.98. The molecule has 4 nitrogen and oxygen atoms in total. The summed E-state index contributed by atoms with van der Waals surface area (Å²) in [6.45, 7) is 1.41. The van der Waals surface area contributed by atoms with Crippen LogP contribution in [0.5, 0.6) is 0 Å². The fourth-order valence-corrected chi connectivity index (χ4v) is 1.37. The Kier molecular flexibility index (Phi) is 3.89. The monoisotopic (exact) mass is 201 g/mol. The molecular formula is C10H19NO3. The minimum atomic E-state index is -0.827. The molecule has 14 heavy (non-hydrogen) atoms. The number of aliphatic hydroxyl groups excluding tert-OH is 2.